The highest BCUT2D eigenvalue weighted by Crippen LogP contribution is 2.03. The summed E-state index contributed by atoms with van der Waals surface area (Å²) in [6.45, 7) is 8.55. The predicted molar refractivity (Wildman–Crippen MR) is 73.8 cm³/mol. The van der Waals surface area contributed by atoms with Crippen molar-refractivity contribution in [3.05, 3.63) is 0 Å². The lowest BCUT2D eigenvalue weighted by Gasteiger charge is -2.23. The lowest BCUT2D eigenvalue weighted by Crippen LogP contribution is -2.32. The van der Waals surface area contributed by atoms with Crippen LogP contribution in [0, 0.1) is 5.92 Å². The van der Waals surface area contributed by atoms with Crippen LogP contribution in [0.3, 0.4) is 0 Å². The third kappa shape index (κ3) is 10.3. The maximum absolute atomic E-state index is 5.53. The number of nitrogens with zero attached hydrogens (tertiary/aromatic N) is 1. The third-order valence-electron chi connectivity index (χ3n) is 2.37. The highest BCUT2D eigenvalue weighted by Gasteiger charge is 2.07. The summed E-state index contributed by atoms with van der Waals surface area (Å²) in [5.41, 5.74) is 5.53. The fourth-order valence-corrected chi connectivity index (χ4v) is 1.75. The molecule has 0 saturated carbocycles. The van der Waals surface area contributed by atoms with Gasteiger partial charge in [-0.3, -0.25) is 0 Å². The summed E-state index contributed by atoms with van der Waals surface area (Å²) in [5.74, 6) is 0.689. The SMILES string of the molecule is COCCCCN(CCC(N)=S)CC(C)C. The van der Waals surface area contributed by atoms with Crippen molar-refractivity contribution < 1.29 is 4.74 Å². The van der Waals surface area contributed by atoms with E-state index in [-0.39, 0.29) is 0 Å². The molecule has 4 heteroatoms. The Morgan fingerprint density at radius 3 is 2.50 bits per heavy atom. The van der Waals surface area contributed by atoms with Crippen molar-refractivity contribution in [2.75, 3.05) is 33.4 Å². The molecule has 0 heterocycles. The molecule has 0 aromatic heterocycles. The minimum Gasteiger partial charge on any atom is -0.393 e. The summed E-state index contributed by atoms with van der Waals surface area (Å²) in [7, 11) is 1.75. The van der Waals surface area contributed by atoms with Gasteiger partial charge in [0.1, 0.15) is 0 Å². The normalized spacial score (nSPS) is 11.3. The van der Waals surface area contributed by atoms with E-state index in [4.69, 9.17) is 22.7 Å². The highest BCUT2D eigenvalue weighted by atomic mass is 32.1. The third-order valence-corrected chi connectivity index (χ3v) is 2.57. The lowest BCUT2D eigenvalue weighted by molar-refractivity contribution is 0.181. The smallest absolute Gasteiger partial charge is 0.0740 e. The van der Waals surface area contributed by atoms with Gasteiger partial charge in [-0.1, -0.05) is 26.1 Å². The summed E-state index contributed by atoms with van der Waals surface area (Å²) < 4.78 is 5.04. The van der Waals surface area contributed by atoms with Crippen molar-refractivity contribution in [1.29, 1.82) is 0 Å². The van der Waals surface area contributed by atoms with E-state index < -0.39 is 0 Å². The van der Waals surface area contributed by atoms with Crippen LogP contribution in [0.2, 0.25) is 0 Å². The molecule has 2 N–H and O–H groups in total. The van der Waals surface area contributed by atoms with Crippen LogP contribution in [-0.2, 0) is 4.74 Å². The summed E-state index contributed by atoms with van der Waals surface area (Å²) >= 11 is 4.91. The van der Waals surface area contributed by atoms with Crippen molar-refractivity contribution in [2.45, 2.75) is 33.1 Å². The molecule has 0 rings (SSSR count). The Balaban J connectivity index is 3.76. The minimum atomic E-state index is 0.616. The molecule has 0 aliphatic heterocycles. The number of ether oxygens (including phenoxy) is 1. The standard InChI is InChI=1S/C12H26N2OS/c1-11(2)10-14(8-6-12(13)16)7-4-5-9-15-3/h11H,4-10H2,1-3H3,(H2,13,16). The first-order valence-electron chi connectivity index (χ1n) is 6.05. The first-order valence-corrected chi connectivity index (χ1v) is 6.46. The number of thiocarbonyl (C=S) groups is 1. The summed E-state index contributed by atoms with van der Waals surface area (Å²) in [5, 5.41) is 0. The average molecular weight is 246 g/mol. The molecule has 0 amide bonds. The Labute approximate surface area is 105 Å². The van der Waals surface area contributed by atoms with Crippen LogP contribution in [-0.4, -0.2) is 43.2 Å². The van der Waals surface area contributed by atoms with Crippen LogP contribution >= 0.6 is 12.2 Å². The van der Waals surface area contributed by atoms with Crippen molar-refractivity contribution >= 4 is 17.2 Å². The van der Waals surface area contributed by atoms with Crippen LogP contribution in [0.1, 0.15) is 33.1 Å². The van der Waals surface area contributed by atoms with E-state index in [0.717, 1.165) is 39.1 Å². The number of methoxy groups -OCH3 is 1. The largest absolute Gasteiger partial charge is 0.393 e. The highest BCUT2D eigenvalue weighted by molar-refractivity contribution is 7.80. The molecule has 3 nitrogen and oxygen atoms in total. The summed E-state index contributed by atoms with van der Waals surface area (Å²) in [6.07, 6.45) is 3.13. The minimum absolute atomic E-state index is 0.616. The average Bonchev–Trinajstić information content (AvgIpc) is 2.19. The van der Waals surface area contributed by atoms with Crippen molar-refractivity contribution in [3.63, 3.8) is 0 Å². The molecule has 0 atom stereocenters. The van der Waals surface area contributed by atoms with Crippen LogP contribution in [0.4, 0.5) is 0 Å². The van der Waals surface area contributed by atoms with Gasteiger partial charge in [-0.05, 0) is 25.3 Å². The molecule has 0 aliphatic carbocycles. The molecule has 16 heavy (non-hydrogen) atoms. The lowest BCUT2D eigenvalue weighted by atomic mass is 10.2. The van der Waals surface area contributed by atoms with E-state index >= 15 is 0 Å². The maximum atomic E-state index is 5.53. The van der Waals surface area contributed by atoms with Crippen molar-refractivity contribution in [1.82, 2.24) is 4.90 Å². The molecule has 0 aliphatic rings. The number of hydrogen-bond acceptors (Lipinski definition) is 3. The van der Waals surface area contributed by atoms with Gasteiger partial charge in [0.25, 0.3) is 0 Å². The Morgan fingerprint density at radius 1 is 1.31 bits per heavy atom. The van der Waals surface area contributed by atoms with Crippen LogP contribution in [0.15, 0.2) is 0 Å². The fourth-order valence-electron chi connectivity index (χ4n) is 1.66. The van der Waals surface area contributed by atoms with Gasteiger partial charge >= 0.3 is 0 Å². The molecule has 0 radical (unpaired) electrons. The molecular weight excluding hydrogens is 220 g/mol. The van der Waals surface area contributed by atoms with Gasteiger partial charge in [0.05, 0.1) is 4.99 Å². The van der Waals surface area contributed by atoms with Crippen LogP contribution < -0.4 is 5.73 Å². The summed E-state index contributed by atoms with van der Waals surface area (Å²) in [4.78, 5) is 3.06. The summed E-state index contributed by atoms with van der Waals surface area (Å²) in [6, 6.07) is 0. The molecule has 0 fully saturated rings. The Kier molecular flexibility index (Phi) is 9.88. The quantitative estimate of drug-likeness (QED) is 0.473. The Hall–Kier alpha value is -0.190. The van der Waals surface area contributed by atoms with Gasteiger partial charge in [-0.25, -0.2) is 0 Å². The number of nitrogens with two attached hydrogens (primary N) is 1. The fraction of sp³-hybridized carbons (Fsp3) is 0.917. The molecule has 0 bridgehead atoms. The predicted octanol–water partition coefficient (Wildman–Crippen LogP) is 2.05. The molecule has 0 spiro atoms. The maximum Gasteiger partial charge on any atom is 0.0740 e. The zero-order valence-corrected chi connectivity index (χ0v) is 11.7. The van der Waals surface area contributed by atoms with E-state index in [1.165, 1.54) is 6.42 Å². The van der Waals surface area contributed by atoms with Crippen LogP contribution in [0.5, 0.6) is 0 Å². The molecule has 0 aromatic rings. The zero-order chi connectivity index (χ0) is 12.4. The van der Waals surface area contributed by atoms with E-state index in [0.29, 0.717) is 10.9 Å². The molecule has 96 valence electrons. The molecule has 0 aromatic carbocycles. The van der Waals surface area contributed by atoms with Gasteiger partial charge in [0, 0.05) is 33.2 Å². The van der Waals surface area contributed by atoms with E-state index in [1.807, 2.05) is 0 Å². The zero-order valence-electron chi connectivity index (χ0n) is 10.9. The van der Waals surface area contributed by atoms with Crippen molar-refractivity contribution in [3.8, 4) is 0 Å². The van der Waals surface area contributed by atoms with Crippen molar-refractivity contribution in [2.24, 2.45) is 11.7 Å². The van der Waals surface area contributed by atoms with Gasteiger partial charge in [0.2, 0.25) is 0 Å². The van der Waals surface area contributed by atoms with Gasteiger partial charge in [-0.15, -0.1) is 0 Å². The molecule has 0 saturated heterocycles. The van der Waals surface area contributed by atoms with Gasteiger partial charge < -0.3 is 15.4 Å². The number of unbranched alkanes of at least 4 members (excludes halogenated alkanes) is 1. The monoisotopic (exact) mass is 246 g/mol. The number of rotatable bonds is 10. The van der Waals surface area contributed by atoms with Crippen LogP contribution in [0.25, 0.3) is 0 Å². The van der Waals surface area contributed by atoms with E-state index in [2.05, 4.69) is 18.7 Å². The number of hydrogen-bond donors (Lipinski definition) is 1. The topological polar surface area (TPSA) is 38.5 Å². The first-order chi connectivity index (χ1) is 7.56. The second-order valence-electron chi connectivity index (χ2n) is 4.61. The molecular formula is C12H26N2OS. The second kappa shape index (κ2) is 10.00. The Morgan fingerprint density at radius 2 is 2.00 bits per heavy atom. The van der Waals surface area contributed by atoms with Gasteiger partial charge in [-0.2, -0.15) is 0 Å². The molecule has 0 unspecified atom stereocenters. The first kappa shape index (κ1) is 15.8. The van der Waals surface area contributed by atoms with Gasteiger partial charge in [0.15, 0.2) is 0 Å². The second-order valence-corrected chi connectivity index (χ2v) is 5.14. The Bertz CT molecular complexity index is 186. The van der Waals surface area contributed by atoms with E-state index in [1.54, 1.807) is 7.11 Å². The van der Waals surface area contributed by atoms with E-state index in [9.17, 15) is 0 Å².